The summed E-state index contributed by atoms with van der Waals surface area (Å²) in [5.74, 6) is 0.494. The van der Waals surface area contributed by atoms with Gasteiger partial charge in [-0.1, -0.05) is 6.07 Å². The van der Waals surface area contributed by atoms with Gasteiger partial charge in [-0.05, 0) is 66.0 Å². The van der Waals surface area contributed by atoms with Crippen molar-refractivity contribution in [3.05, 3.63) is 47.3 Å². The van der Waals surface area contributed by atoms with E-state index in [2.05, 4.69) is 22.4 Å². The standard InChI is InChI=1S/C22H25N3O2/c1-23-21(26)11-14-4-3-5-17-18(14)12-24-13-19(17)15-6-8-20-16(10-15)7-9-22(27)25(20)2/h6,8,10,12-14H,3-5,7,9,11H2,1-2H3,(H,23,26). The summed E-state index contributed by atoms with van der Waals surface area (Å²) < 4.78 is 0. The molecule has 0 radical (unpaired) electrons. The SMILES string of the molecule is CNC(=O)CC1CCCc2c(-c3ccc4c(c3)CCC(=O)N4C)cncc21. The van der Waals surface area contributed by atoms with Crippen molar-refractivity contribution in [2.45, 2.75) is 44.4 Å². The molecule has 2 aliphatic rings. The molecule has 2 heterocycles. The number of carbonyl (C=O) groups is 2. The van der Waals surface area contributed by atoms with Crippen LogP contribution < -0.4 is 10.2 Å². The van der Waals surface area contributed by atoms with Crippen LogP contribution in [0.3, 0.4) is 0 Å². The first-order chi connectivity index (χ1) is 13.1. The number of hydrogen-bond donors (Lipinski definition) is 1. The van der Waals surface area contributed by atoms with Gasteiger partial charge in [-0.25, -0.2) is 0 Å². The van der Waals surface area contributed by atoms with Gasteiger partial charge in [0.15, 0.2) is 0 Å². The van der Waals surface area contributed by atoms with Crippen LogP contribution in [0.4, 0.5) is 5.69 Å². The lowest BCUT2D eigenvalue weighted by Crippen LogP contribution is -2.31. The number of amides is 2. The van der Waals surface area contributed by atoms with E-state index in [0.29, 0.717) is 12.8 Å². The molecule has 2 aromatic rings. The third kappa shape index (κ3) is 3.22. The van der Waals surface area contributed by atoms with Gasteiger partial charge in [-0.3, -0.25) is 14.6 Å². The van der Waals surface area contributed by atoms with Crippen molar-refractivity contribution in [1.82, 2.24) is 10.3 Å². The predicted molar refractivity (Wildman–Crippen MR) is 106 cm³/mol. The van der Waals surface area contributed by atoms with E-state index in [9.17, 15) is 9.59 Å². The second-order valence-corrected chi connectivity index (χ2v) is 7.52. The molecule has 140 valence electrons. The zero-order valence-corrected chi connectivity index (χ0v) is 15.9. The molecule has 27 heavy (non-hydrogen) atoms. The van der Waals surface area contributed by atoms with E-state index in [1.807, 2.05) is 25.5 Å². The van der Waals surface area contributed by atoms with E-state index >= 15 is 0 Å². The van der Waals surface area contributed by atoms with Gasteiger partial charge in [0, 0.05) is 50.6 Å². The maximum Gasteiger partial charge on any atom is 0.227 e. The summed E-state index contributed by atoms with van der Waals surface area (Å²) in [5, 5.41) is 2.74. The number of pyridine rings is 1. The third-order valence-electron chi connectivity index (χ3n) is 5.95. The molecule has 0 saturated heterocycles. The van der Waals surface area contributed by atoms with Crippen LogP contribution in [0.2, 0.25) is 0 Å². The molecular weight excluding hydrogens is 338 g/mol. The number of fused-ring (bicyclic) bond motifs is 2. The average Bonchev–Trinajstić information content (AvgIpc) is 2.70. The van der Waals surface area contributed by atoms with Gasteiger partial charge in [0.2, 0.25) is 11.8 Å². The largest absolute Gasteiger partial charge is 0.359 e. The normalized spacial score (nSPS) is 18.7. The Balaban J connectivity index is 1.73. The molecule has 5 nitrogen and oxygen atoms in total. The fourth-order valence-corrected chi connectivity index (χ4v) is 4.43. The Morgan fingerprint density at radius 1 is 1.26 bits per heavy atom. The summed E-state index contributed by atoms with van der Waals surface area (Å²) in [5.41, 5.74) is 7.07. The fourth-order valence-electron chi connectivity index (χ4n) is 4.43. The van der Waals surface area contributed by atoms with Crippen LogP contribution in [0.1, 0.15) is 48.3 Å². The van der Waals surface area contributed by atoms with Gasteiger partial charge in [0.25, 0.3) is 0 Å². The highest BCUT2D eigenvalue weighted by atomic mass is 16.2. The number of anilines is 1. The van der Waals surface area contributed by atoms with E-state index < -0.39 is 0 Å². The maximum absolute atomic E-state index is 11.9. The summed E-state index contributed by atoms with van der Waals surface area (Å²) in [7, 11) is 3.53. The highest BCUT2D eigenvalue weighted by Crippen LogP contribution is 2.39. The first kappa shape index (κ1) is 17.7. The Labute approximate surface area is 159 Å². The molecule has 4 rings (SSSR count). The molecule has 0 fully saturated rings. The first-order valence-electron chi connectivity index (χ1n) is 9.65. The van der Waals surface area contributed by atoms with Gasteiger partial charge in [0.1, 0.15) is 0 Å². The molecule has 0 bridgehead atoms. The van der Waals surface area contributed by atoms with Gasteiger partial charge in [0.05, 0.1) is 0 Å². The summed E-state index contributed by atoms with van der Waals surface area (Å²) in [6.45, 7) is 0. The van der Waals surface area contributed by atoms with Crippen molar-refractivity contribution in [1.29, 1.82) is 0 Å². The number of carbonyl (C=O) groups excluding carboxylic acids is 2. The average molecular weight is 363 g/mol. The second-order valence-electron chi connectivity index (χ2n) is 7.52. The summed E-state index contributed by atoms with van der Waals surface area (Å²) >= 11 is 0. The predicted octanol–water partition coefficient (Wildman–Crippen LogP) is 3.21. The van der Waals surface area contributed by atoms with Gasteiger partial charge in [-0.2, -0.15) is 0 Å². The second kappa shape index (κ2) is 7.14. The fraction of sp³-hybridized carbons (Fsp3) is 0.409. The van der Waals surface area contributed by atoms with Crippen molar-refractivity contribution in [2.24, 2.45) is 0 Å². The van der Waals surface area contributed by atoms with Crippen LogP contribution in [0.5, 0.6) is 0 Å². The highest BCUT2D eigenvalue weighted by Gasteiger charge is 2.26. The van der Waals surface area contributed by atoms with Gasteiger partial charge in [-0.15, -0.1) is 0 Å². The van der Waals surface area contributed by atoms with E-state index in [1.165, 1.54) is 16.7 Å². The minimum absolute atomic E-state index is 0.0831. The van der Waals surface area contributed by atoms with Crippen molar-refractivity contribution in [3.63, 3.8) is 0 Å². The zero-order chi connectivity index (χ0) is 19.0. The topological polar surface area (TPSA) is 62.3 Å². The van der Waals surface area contributed by atoms with Crippen LogP contribution in [0.25, 0.3) is 11.1 Å². The van der Waals surface area contributed by atoms with E-state index in [-0.39, 0.29) is 17.7 Å². The van der Waals surface area contributed by atoms with Crippen LogP contribution >= 0.6 is 0 Å². The molecule has 1 atom stereocenters. The number of rotatable bonds is 3. The Kier molecular flexibility index (Phi) is 4.68. The van der Waals surface area contributed by atoms with Crippen LogP contribution in [0, 0.1) is 0 Å². The van der Waals surface area contributed by atoms with Gasteiger partial charge < -0.3 is 10.2 Å². The Bertz CT molecular complexity index is 906. The summed E-state index contributed by atoms with van der Waals surface area (Å²) in [6.07, 6.45) is 8.90. The molecule has 5 heteroatoms. The molecule has 0 saturated carbocycles. The van der Waals surface area contributed by atoms with Crippen molar-refractivity contribution >= 4 is 17.5 Å². The molecule has 1 N–H and O–H groups in total. The zero-order valence-electron chi connectivity index (χ0n) is 15.9. The smallest absolute Gasteiger partial charge is 0.227 e. The Morgan fingerprint density at radius 3 is 2.93 bits per heavy atom. The minimum atomic E-state index is 0.0831. The number of aromatic nitrogens is 1. The van der Waals surface area contributed by atoms with Crippen LogP contribution in [-0.2, 0) is 22.4 Å². The van der Waals surface area contributed by atoms with E-state index in [4.69, 9.17) is 0 Å². The molecule has 1 aromatic carbocycles. The number of nitrogens with one attached hydrogen (secondary N) is 1. The summed E-state index contributed by atoms with van der Waals surface area (Å²) in [4.78, 5) is 30.1. The third-order valence-corrected chi connectivity index (χ3v) is 5.95. The van der Waals surface area contributed by atoms with Crippen molar-refractivity contribution < 1.29 is 9.59 Å². The minimum Gasteiger partial charge on any atom is -0.359 e. The molecular formula is C22H25N3O2. The lowest BCUT2D eigenvalue weighted by molar-refractivity contribution is -0.121. The number of aryl methyl sites for hydroxylation is 1. The lowest BCUT2D eigenvalue weighted by Gasteiger charge is -2.28. The molecule has 0 spiro atoms. The van der Waals surface area contributed by atoms with E-state index in [0.717, 1.165) is 42.5 Å². The Morgan fingerprint density at radius 2 is 2.11 bits per heavy atom. The number of hydrogen-bond acceptors (Lipinski definition) is 3. The summed E-state index contributed by atoms with van der Waals surface area (Å²) in [6, 6.07) is 6.34. The molecule has 1 aliphatic carbocycles. The Hall–Kier alpha value is -2.69. The lowest BCUT2D eigenvalue weighted by atomic mass is 9.79. The van der Waals surface area contributed by atoms with Crippen molar-refractivity contribution in [2.75, 3.05) is 19.0 Å². The molecule has 1 unspecified atom stereocenters. The van der Waals surface area contributed by atoms with Crippen LogP contribution in [0.15, 0.2) is 30.6 Å². The molecule has 1 aliphatic heterocycles. The van der Waals surface area contributed by atoms with Gasteiger partial charge >= 0.3 is 0 Å². The highest BCUT2D eigenvalue weighted by molar-refractivity contribution is 5.96. The monoisotopic (exact) mass is 363 g/mol. The molecule has 2 amide bonds. The van der Waals surface area contributed by atoms with Crippen LogP contribution in [-0.4, -0.2) is 30.9 Å². The molecule has 1 aromatic heterocycles. The first-order valence-corrected chi connectivity index (χ1v) is 9.65. The number of nitrogens with zero attached hydrogens (tertiary/aromatic N) is 2. The van der Waals surface area contributed by atoms with Crippen molar-refractivity contribution in [3.8, 4) is 11.1 Å². The number of benzene rings is 1. The quantitative estimate of drug-likeness (QED) is 0.911. The van der Waals surface area contributed by atoms with E-state index in [1.54, 1.807) is 11.9 Å². The maximum atomic E-state index is 11.9.